The molecular formula is C30H45NO2. The van der Waals surface area contributed by atoms with Crippen molar-refractivity contribution in [1.29, 1.82) is 0 Å². The van der Waals surface area contributed by atoms with Gasteiger partial charge in [0.05, 0.1) is 12.2 Å². The van der Waals surface area contributed by atoms with Gasteiger partial charge in [0.2, 0.25) is 0 Å². The first-order valence-corrected chi connectivity index (χ1v) is 13.5. The summed E-state index contributed by atoms with van der Waals surface area (Å²) < 4.78 is 0. The summed E-state index contributed by atoms with van der Waals surface area (Å²) in [4.78, 5) is 0. The van der Waals surface area contributed by atoms with E-state index >= 15 is 0 Å². The second kappa shape index (κ2) is 8.50. The fourth-order valence-electron chi connectivity index (χ4n) is 8.64. The Morgan fingerprint density at radius 3 is 2.39 bits per heavy atom. The number of fused-ring (bicyclic) bond motifs is 5. The molecule has 0 aromatic heterocycles. The summed E-state index contributed by atoms with van der Waals surface area (Å²) in [7, 11) is 0. The highest BCUT2D eigenvalue weighted by Crippen LogP contribution is 2.67. The summed E-state index contributed by atoms with van der Waals surface area (Å²) in [6, 6.07) is 9.39. The second-order valence-corrected chi connectivity index (χ2v) is 12.7. The monoisotopic (exact) mass is 451 g/mol. The van der Waals surface area contributed by atoms with Crippen molar-refractivity contribution in [3.63, 3.8) is 0 Å². The molecule has 0 saturated heterocycles. The van der Waals surface area contributed by atoms with Crippen molar-refractivity contribution in [2.75, 3.05) is 0 Å². The first-order valence-electron chi connectivity index (χ1n) is 13.5. The van der Waals surface area contributed by atoms with Gasteiger partial charge in [-0.3, -0.25) is 0 Å². The molecule has 3 N–H and O–H groups in total. The van der Waals surface area contributed by atoms with Gasteiger partial charge < -0.3 is 15.5 Å². The molecule has 0 amide bonds. The molecule has 1 aromatic carbocycles. The maximum absolute atomic E-state index is 11.4. The zero-order chi connectivity index (χ0) is 23.5. The Hall–Kier alpha value is -1.16. The average Bonchev–Trinajstić information content (AvgIpc) is 3.11. The van der Waals surface area contributed by atoms with E-state index in [1.807, 2.05) is 0 Å². The van der Waals surface area contributed by atoms with Crippen LogP contribution in [-0.4, -0.2) is 28.5 Å². The summed E-state index contributed by atoms with van der Waals surface area (Å²) in [6.07, 6.45) is 6.70. The Morgan fingerprint density at radius 2 is 1.70 bits per heavy atom. The standard InChI is InChI=1S/C30H45NO2/c1-18(2)21-9-7-20(8-10-21)17-31-22-12-14-30(5)24-13-15-29(4)19(3)6-11-23(29)26(24)28(33)27(32)25(30)16-22/h7-10,18,22-28,31-33H,3,6,11-17H2,1-2,4-5H3/t22-,23?,24?,25?,26?,27-,28-,29-,30-/m1/s1. The van der Waals surface area contributed by atoms with Crippen LogP contribution in [0.3, 0.4) is 0 Å². The van der Waals surface area contributed by atoms with Crippen LogP contribution in [0.1, 0.15) is 89.7 Å². The second-order valence-electron chi connectivity index (χ2n) is 12.7. The molecule has 0 aliphatic heterocycles. The van der Waals surface area contributed by atoms with Crippen LogP contribution in [0, 0.1) is 34.5 Å². The lowest BCUT2D eigenvalue weighted by Gasteiger charge is -2.63. The SMILES string of the molecule is C=C1CCC2C3C(CC[C@]12C)[C@@]1(C)CC[C@@H](NCc2ccc(C(C)C)cc2)CC1[C@@H](O)[C@@H]3O. The quantitative estimate of drug-likeness (QED) is 0.507. The Bertz CT molecular complexity index is 878. The molecule has 1 aromatic rings. The molecule has 0 heterocycles. The van der Waals surface area contributed by atoms with E-state index in [4.69, 9.17) is 0 Å². The molecule has 33 heavy (non-hydrogen) atoms. The van der Waals surface area contributed by atoms with Crippen LogP contribution < -0.4 is 5.32 Å². The van der Waals surface area contributed by atoms with Gasteiger partial charge in [-0.25, -0.2) is 0 Å². The molecule has 182 valence electrons. The molecule has 0 bridgehead atoms. The van der Waals surface area contributed by atoms with E-state index in [1.165, 1.54) is 29.5 Å². The summed E-state index contributed by atoms with van der Waals surface area (Å²) >= 11 is 0. The number of hydrogen-bond donors (Lipinski definition) is 3. The Morgan fingerprint density at radius 1 is 0.970 bits per heavy atom. The lowest BCUT2D eigenvalue weighted by atomic mass is 9.43. The highest BCUT2D eigenvalue weighted by molar-refractivity contribution is 5.25. The molecule has 3 nitrogen and oxygen atoms in total. The van der Waals surface area contributed by atoms with Crippen molar-refractivity contribution >= 4 is 0 Å². The minimum atomic E-state index is -0.609. The Balaban J connectivity index is 1.29. The minimum Gasteiger partial charge on any atom is -0.390 e. The fraction of sp³-hybridized carbons (Fsp3) is 0.733. The molecule has 9 atom stereocenters. The zero-order valence-corrected chi connectivity index (χ0v) is 21.2. The van der Waals surface area contributed by atoms with Gasteiger partial charge in [-0.2, -0.15) is 0 Å². The van der Waals surface area contributed by atoms with Gasteiger partial charge >= 0.3 is 0 Å². The molecule has 4 fully saturated rings. The van der Waals surface area contributed by atoms with Crippen LogP contribution in [0.25, 0.3) is 0 Å². The lowest BCUT2D eigenvalue weighted by Crippen LogP contribution is -2.64. The highest BCUT2D eigenvalue weighted by Gasteiger charge is 2.63. The fourth-order valence-corrected chi connectivity index (χ4v) is 8.64. The van der Waals surface area contributed by atoms with Crippen molar-refractivity contribution in [3.05, 3.63) is 47.5 Å². The van der Waals surface area contributed by atoms with Crippen LogP contribution in [-0.2, 0) is 6.54 Å². The Labute approximate surface area is 201 Å². The van der Waals surface area contributed by atoms with Crippen LogP contribution >= 0.6 is 0 Å². The van der Waals surface area contributed by atoms with Crippen molar-refractivity contribution in [3.8, 4) is 0 Å². The van der Waals surface area contributed by atoms with Gasteiger partial charge in [0.1, 0.15) is 0 Å². The maximum atomic E-state index is 11.4. The predicted octanol–water partition coefficient (Wildman–Crippen LogP) is 5.81. The van der Waals surface area contributed by atoms with Gasteiger partial charge in [-0.15, -0.1) is 0 Å². The molecule has 0 spiro atoms. The van der Waals surface area contributed by atoms with Gasteiger partial charge in [0.15, 0.2) is 0 Å². The van der Waals surface area contributed by atoms with Crippen LogP contribution in [0.15, 0.2) is 36.4 Å². The third-order valence-corrected chi connectivity index (χ3v) is 10.9. The van der Waals surface area contributed by atoms with Gasteiger partial charge in [0.25, 0.3) is 0 Å². The van der Waals surface area contributed by atoms with E-state index in [1.54, 1.807) is 0 Å². The van der Waals surface area contributed by atoms with Crippen molar-refractivity contribution in [1.82, 2.24) is 5.32 Å². The molecule has 4 unspecified atom stereocenters. The van der Waals surface area contributed by atoms with Crippen LogP contribution in [0.4, 0.5) is 0 Å². The smallest absolute Gasteiger partial charge is 0.0836 e. The van der Waals surface area contributed by atoms with Gasteiger partial charge in [-0.05, 0) is 96.5 Å². The number of aliphatic hydroxyl groups is 2. The predicted molar refractivity (Wildman–Crippen MR) is 135 cm³/mol. The van der Waals surface area contributed by atoms with Crippen molar-refractivity contribution in [2.24, 2.45) is 34.5 Å². The average molecular weight is 452 g/mol. The number of benzene rings is 1. The van der Waals surface area contributed by atoms with E-state index in [0.29, 0.717) is 23.8 Å². The molecule has 4 aliphatic rings. The van der Waals surface area contributed by atoms with E-state index in [0.717, 1.165) is 38.6 Å². The van der Waals surface area contributed by atoms with Crippen LogP contribution in [0.2, 0.25) is 0 Å². The lowest BCUT2D eigenvalue weighted by molar-refractivity contribution is -0.211. The third kappa shape index (κ3) is 3.74. The molecule has 5 rings (SSSR count). The zero-order valence-electron chi connectivity index (χ0n) is 21.2. The summed E-state index contributed by atoms with van der Waals surface area (Å²) in [5.74, 6) is 1.97. The third-order valence-electron chi connectivity index (χ3n) is 10.9. The number of nitrogens with one attached hydrogen (secondary N) is 1. The number of hydrogen-bond acceptors (Lipinski definition) is 3. The van der Waals surface area contributed by atoms with E-state index in [2.05, 4.69) is 63.9 Å². The van der Waals surface area contributed by atoms with E-state index in [9.17, 15) is 10.2 Å². The van der Waals surface area contributed by atoms with Gasteiger partial charge in [-0.1, -0.05) is 64.1 Å². The largest absolute Gasteiger partial charge is 0.390 e. The van der Waals surface area contributed by atoms with Gasteiger partial charge in [0, 0.05) is 12.6 Å². The highest BCUT2D eigenvalue weighted by atomic mass is 16.3. The number of aliphatic hydroxyl groups excluding tert-OH is 2. The van der Waals surface area contributed by atoms with Crippen LogP contribution in [0.5, 0.6) is 0 Å². The normalized spacial score (nSPS) is 44.9. The maximum Gasteiger partial charge on any atom is 0.0836 e. The van der Waals surface area contributed by atoms with Crippen molar-refractivity contribution in [2.45, 2.75) is 103 Å². The minimum absolute atomic E-state index is 0.131. The van der Waals surface area contributed by atoms with Crippen molar-refractivity contribution < 1.29 is 10.2 Å². The first-order chi connectivity index (χ1) is 15.6. The van der Waals surface area contributed by atoms with E-state index in [-0.39, 0.29) is 22.7 Å². The Kier molecular flexibility index (Phi) is 6.07. The molecule has 3 heteroatoms. The number of rotatable bonds is 4. The first kappa shape index (κ1) is 23.6. The summed E-state index contributed by atoms with van der Waals surface area (Å²) in [5, 5.41) is 26.7. The number of allylic oxidation sites excluding steroid dienone is 1. The molecule has 4 saturated carbocycles. The topological polar surface area (TPSA) is 52.5 Å². The van der Waals surface area contributed by atoms with E-state index < -0.39 is 12.2 Å². The summed E-state index contributed by atoms with van der Waals surface area (Å²) in [6.45, 7) is 14.6. The molecule has 0 radical (unpaired) electrons. The summed E-state index contributed by atoms with van der Waals surface area (Å²) in [5.41, 5.74) is 4.38. The molecular weight excluding hydrogens is 406 g/mol. The molecule has 4 aliphatic carbocycles.